The maximum absolute atomic E-state index is 13.9. The summed E-state index contributed by atoms with van der Waals surface area (Å²) in [5.74, 6) is -1.25. The molecule has 0 saturated carbocycles. The molecule has 0 spiro atoms. The lowest BCUT2D eigenvalue weighted by atomic mass is 10.2. The zero-order valence-electron chi connectivity index (χ0n) is 15.2. The average Bonchev–Trinajstić information content (AvgIpc) is 3.07. The van der Waals surface area contributed by atoms with Gasteiger partial charge in [0, 0.05) is 5.56 Å². The van der Waals surface area contributed by atoms with E-state index in [-0.39, 0.29) is 33.5 Å². The predicted molar refractivity (Wildman–Crippen MR) is 104 cm³/mol. The second-order valence-electron chi connectivity index (χ2n) is 5.81. The van der Waals surface area contributed by atoms with Gasteiger partial charge in [0.25, 0.3) is 5.82 Å². The maximum Gasteiger partial charge on any atom is 0.453 e. The van der Waals surface area contributed by atoms with Gasteiger partial charge in [-0.3, -0.25) is 0 Å². The fourth-order valence-corrected chi connectivity index (χ4v) is 2.81. The van der Waals surface area contributed by atoms with Crippen molar-refractivity contribution in [2.45, 2.75) is 12.8 Å². The number of aromatic nitrogens is 3. The van der Waals surface area contributed by atoms with Gasteiger partial charge in [0.05, 0.1) is 18.3 Å². The Labute approximate surface area is 177 Å². The number of ether oxygens (including phenoxy) is 2. The van der Waals surface area contributed by atoms with Crippen LogP contribution in [-0.2, 0) is 12.8 Å². The summed E-state index contributed by atoms with van der Waals surface area (Å²) in [6.45, 7) is -0.144. The predicted octanol–water partition coefficient (Wildman–Crippen LogP) is 5.22. The highest BCUT2D eigenvalue weighted by atomic mass is 35.5. The fourth-order valence-electron chi connectivity index (χ4n) is 2.41. The molecule has 0 saturated heterocycles. The van der Waals surface area contributed by atoms with Crippen molar-refractivity contribution in [3.8, 4) is 11.5 Å². The van der Waals surface area contributed by atoms with Gasteiger partial charge in [0.15, 0.2) is 11.5 Å². The lowest BCUT2D eigenvalue weighted by molar-refractivity contribution is -0.147. The minimum absolute atomic E-state index is 0.144. The Morgan fingerprint density at radius 3 is 2.70 bits per heavy atom. The summed E-state index contributed by atoms with van der Waals surface area (Å²) >= 11 is 10.7. The van der Waals surface area contributed by atoms with Crippen LogP contribution >= 0.6 is 23.8 Å². The molecule has 2 aromatic carbocycles. The topological polar surface area (TPSA) is 64.4 Å². The number of hydrogen-bond donors (Lipinski definition) is 1. The molecular weight excluding hydrogens is 448 g/mol. The van der Waals surface area contributed by atoms with E-state index in [1.54, 1.807) is 0 Å². The number of rotatable bonds is 6. The highest BCUT2D eigenvalue weighted by Gasteiger charge is 2.37. The number of methoxy groups -OCH3 is 1. The molecule has 0 aliphatic heterocycles. The lowest BCUT2D eigenvalue weighted by Crippen LogP contribution is -2.12. The molecule has 6 nitrogen and oxygen atoms in total. The van der Waals surface area contributed by atoms with E-state index in [2.05, 4.69) is 15.3 Å². The summed E-state index contributed by atoms with van der Waals surface area (Å²) in [6.07, 6.45) is -3.57. The molecule has 0 unspecified atom stereocenters. The molecule has 0 atom stereocenters. The van der Waals surface area contributed by atoms with Crippen LogP contribution in [0.2, 0.25) is 5.02 Å². The summed E-state index contributed by atoms with van der Waals surface area (Å²) in [4.78, 5) is 0. The maximum atomic E-state index is 13.9. The molecular formula is C18H13ClF4N4O2S. The monoisotopic (exact) mass is 460 g/mol. The van der Waals surface area contributed by atoms with E-state index < -0.39 is 17.8 Å². The Bertz CT molecular complexity index is 1120. The van der Waals surface area contributed by atoms with Crippen LogP contribution in [-0.4, -0.2) is 28.2 Å². The number of alkyl halides is 3. The van der Waals surface area contributed by atoms with E-state index in [0.717, 1.165) is 6.21 Å². The Morgan fingerprint density at radius 1 is 1.27 bits per heavy atom. The van der Waals surface area contributed by atoms with Crippen molar-refractivity contribution < 1.29 is 27.0 Å². The van der Waals surface area contributed by atoms with Crippen LogP contribution < -0.4 is 9.47 Å². The Morgan fingerprint density at radius 2 is 2.03 bits per heavy atom. The molecule has 0 radical (unpaired) electrons. The van der Waals surface area contributed by atoms with Crippen LogP contribution in [0.3, 0.4) is 0 Å². The molecule has 0 amide bonds. The van der Waals surface area contributed by atoms with Crippen molar-refractivity contribution >= 4 is 30.0 Å². The van der Waals surface area contributed by atoms with E-state index in [1.165, 1.54) is 43.5 Å². The summed E-state index contributed by atoms with van der Waals surface area (Å²) in [5.41, 5.74) is 0.584. The molecule has 1 heterocycles. The van der Waals surface area contributed by atoms with Gasteiger partial charge >= 0.3 is 6.18 Å². The molecule has 0 aliphatic rings. The molecule has 0 bridgehead atoms. The first-order valence-corrected chi connectivity index (χ1v) is 9.02. The van der Waals surface area contributed by atoms with Crippen LogP contribution in [0.25, 0.3) is 0 Å². The summed E-state index contributed by atoms with van der Waals surface area (Å²) in [7, 11) is 1.38. The van der Waals surface area contributed by atoms with Gasteiger partial charge in [-0.1, -0.05) is 17.7 Å². The van der Waals surface area contributed by atoms with Crippen molar-refractivity contribution in [3.63, 3.8) is 0 Å². The van der Waals surface area contributed by atoms with E-state index in [1.807, 2.05) is 0 Å². The lowest BCUT2D eigenvalue weighted by Gasteiger charge is -2.12. The number of hydrogen-bond acceptors (Lipinski definition) is 5. The Balaban J connectivity index is 1.82. The zero-order chi connectivity index (χ0) is 21.9. The first-order chi connectivity index (χ1) is 14.2. The first kappa shape index (κ1) is 21.8. The van der Waals surface area contributed by atoms with Crippen LogP contribution in [0.1, 0.15) is 17.0 Å². The summed E-state index contributed by atoms with van der Waals surface area (Å²) < 4.78 is 63.7. The number of halogens is 5. The van der Waals surface area contributed by atoms with Crippen molar-refractivity contribution in [3.05, 3.63) is 69.0 Å². The normalized spacial score (nSPS) is 11.8. The van der Waals surface area contributed by atoms with E-state index in [9.17, 15) is 17.6 Å². The van der Waals surface area contributed by atoms with Gasteiger partial charge in [-0.2, -0.15) is 22.9 Å². The van der Waals surface area contributed by atoms with E-state index >= 15 is 0 Å². The average molecular weight is 461 g/mol. The molecule has 0 aliphatic carbocycles. The zero-order valence-corrected chi connectivity index (χ0v) is 16.8. The Kier molecular flexibility index (Phi) is 6.42. The quantitative estimate of drug-likeness (QED) is 0.311. The van der Waals surface area contributed by atoms with Gasteiger partial charge in [-0.15, -0.1) is 5.10 Å². The number of nitrogens with one attached hydrogen (secondary N) is 1. The molecule has 3 rings (SSSR count). The molecule has 1 N–H and O–H groups in total. The second-order valence-corrected chi connectivity index (χ2v) is 6.60. The van der Waals surface area contributed by atoms with Crippen LogP contribution in [0.15, 0.2) is 41.5 Å². The summed E-state index contributed by atoms with van der Waals surface area (Å²) in [5, 5.41) is 9.14. The van der Waals surface area contributed by atoms with Crippen LogP contribution in [0.4, 0.5) is 17.6 Å². The van der Waals surface area contributed by atoms with Gasteiger partial charge < -0.3 is 9.47 Å². The van der Waals surface area contributed by atoms with Gasteiger partial charge in [-0.05, 0) is 48.1 Å². The number of nitrogens with zero attached hydrogens (tertiary/aromatic N) is 3. The fraction of sp³-hybridized carbons (Fsp3) is 0.167. The smallest absolute Gasteiger partial charge is 0.453 e. The molecule has 0 fully saturated rings. The third kappa shape index (κ3) is 4.79. The molecule has 3 aromatic rings. The van der Waals surface area contributed by atoms with Gasteiger partial charge in [-0.25, -0.2) is 9.49 Å². The van der Waals surface area contributed by atoms with Crippen molar-refractivity contribution in [1.82, 2.24) is 14.9 Å². The Hall–Kier alpha value is -2.92. The minimum Gasteiger partial charge on any atom is -0.493 e. The molecule has 1 aromatic heterocycles. The second kappa shape index (κ2) is 8.84. The van der Waals surface area contributed by atoms with Gasteiger partial charge in [0.1, 0.15) is 12.4 Å². The number of benzene rings is 2. The van der Waals surface area contributed by atoms with Crippen molar-refractivity contribution in [2.75, 3.05) is 7.11 Å². The van der Waals surface area contributed by atoms with Crippen molar-refractivity contribution in [2.24, 2.45) is 5.10 Å². The largest absolute Gasteiger partial charge is 0.493 e. The first-order valence-electron chi connectivity index (χ1n) is 8.23. The highest BCUT2D eigenvalue weighted by Crippen LogP contribution is 2.30. The SMILES string of the molecule is COc1cc(/C=N/n2c(C(F)(F)F)n[nH]c2=S)ccc1OCc1c(F)cccc1Cl. The highest BCUT2D eigenvalue weighted by molar-refractivity contribution is 7.71. The third-order valence-corrected chi connectivity index (χ3v) is 4.47. The van der Waals surface area contributed by atoms with Crippen molar-refractivity contribution in [1.29, 1.82) is 0 Å². The molecule has 30 heavy (non-hydrogen) atoms. The minimum atomic E-state index is -4.73. The molecule has 158 valence electrons. The van der Waals surface area contributed by atoms with Gasteiger partial charge in [0.2, 0.25) is 4.77 Å². The van der Waals surface area contributed by atoms with Crippen LogP contribution in [0, 0.1) is 10.6 Å². The number of aromatic amines is 1. The summed E-state index contributed by atoms with van der Waals surface area (Å²) in [6, 6.07) is 8.80. The van der Waals surface area contributed by atoms with E-state index in [0.29, 0.717) is 10.2 Å². The van der Waals surface area contributed by atoms with Crippen LogP contribution in [0.5, 0.6) is 11.5 Å². The van der Waals surface area contributed by atoms with E-state index in [4.69, 9.17) is 33.3 Å². The third-order valence-electron chi connectivity index (χ3n) is 3.85. The standard InChI is InChI=1S/C18H13ClF4N4O2S/c1-28-15-7-10(8-24-27-16(18(21,22)23)25-26-17(27)30)5-6-14(15)29-9-11-12(19)3-2-4-13(11)20/h2-8H,9H2,1H3,(H,26,30)/b24-8+. The number of H-pyrrole nitrogens is 1. The molecule has 12 heteroatoms.